The van der Waals surface area contributed by atoms with Crippen LogP contribution in [0.5, 0.6) is 5.75 Å². The number of hydrogen-bond acceptors (Lipinski definition) is 6. The molecule has 2 aromatic rings. The van der Waals surface area contributed by atoms with Gasteiger partial charge in [-0.15, -0.1) is 0 Å². The van der Waals surface area contributed by atoms with Crippen LogP contribution in [0.25, 0.3) is 10.2 Å². The Morgan fingerprint density at radius 2 is 2.16 bits per heavy atom. The largest absolute Gasteiger partial charge is 0.493 e. The lowest BCUT2D eigenvalue weighted by Gasteiger charge is -2.44. The van der Waals surface area contributed by atoms with Crippen LogP contribution in [-0.4, -0.2) is 58.4 Å². The summed E-state index contributed by atoms with van der Waals surface area (Å²) in [6.45, 7) is 6.90. The van der Waals surface area contributed by atoms with E-state index in [0.717, 1.165) is 45.9 Å². The van der Waals surface area contributed by atoms with Gasteiger partial charge in [-0.3, -0.25) is 4.90 Å². The SMILES string of the molecule is CC(C)(C)OC(=O)N1CC[C@@H]2[C@H](NC(=O)N2c2nc3c4c(ccc3s2)OCC4)C12CC2. The van der Waals surface area contributed by atoms with Crippen LogP contribution in [0.4, 0.5) is 14.7 Å². The van der Waals surface area contributed by atoms with Crippen molar-refractivity contribution in [3.63, 3.8) is 0 Å². The second-order valence-electron chi connectivity index (χ2n) is 9.87. The predicted molar refractivity (Wildman–Crippen MR) is 117 cm³/mol. The van der Waals surface area contributed by atoms with Gasteiger partial charge in [0.05, 0.1) is 34.4 Å². The number of urea groups is 1. The molecule has 1 aromatic carbocycles. The first-order valence-corrected chi connectivity index (χ1v) is 11.7. The van der Waals surface area contributed by atoms with Crippen LogP contribution in [0, 0.1) is 0 Å². The molecule has 4 heterocycles. The molecule has 6 rings (SSSR count). The van der Waals surface area contributed by atoms with Crippen molar-refractivity contribution in [2.45, 2.75) is 69.7 Å². The van der Waals surface area contributed by atoms with E-state index >= 15 is 0 Å². The van der Waals surface area contributed by atoms with E-state index in [1.807, 2.05) is 42.7 Å². The molecule has 1 aliphatic carbocycles. The highest BCUT2D eigenvalue weighted by molar-refractivity contribution is 7.22. The molecule has 1 spiro atoms. The molecule has 4 aliphatic rings. The minimum atomic E-state index is -0.542. The summed E-state index contributed by atoms with van der Waals surface area (Å²) in [5, 5.41) is 3.90. The first-order valence-electron chi connectivity index (χ1n) is 10.9. The van der Waals surface area contributed by atoms with Gasteiger partial charge in [0.1, 0.15) is 11.4 Å². The molecule has 0 radical (unpaired) electrons. The van der Waals surface area contributed by atoms with Crippen LogP contribution in [0.2, 0.25) is 0 Å². The van der Waals surface area contributed by atoms with Gasteiger partial charge in [0.15, 0.2) is 5.13 Å². The quantitative estimate of drug-likeness (QED) is 0.729. The number of fused-ring (bicyclic) bond motifs is 5. The van der Waals surface area contributed by atoms with Crippen LogP contribution >= 0.6 is 11.3 Å². The number of carbonyl (C=O) groups is 2. The fourth-order valence-corrected chi connectivity index (χ4v) is 6.38. The van der Waals surface area contributed by atoms with Crippen molar-refractivity contribution < 1.29 is 19.1 Å². The monoisotopic (exact) mass is 442 g/mol. The van der Waals surface area contributed by atoms with Gasteiger partial charge in [-0.2, -0.15) is 0 Å². The smallest absolute Gasteiger partial charge is 0.410 e. The van der Waals surface area contributed by atoms with E-state index in [-0.39, 0.29) is 29.7 Å². The highest BCUT2D eigenvalue weighted by Crippen LogP contribution is 2.52. The van der Waals surface area contributed by atoms with Crippen molar-refractivity contribution in [3.8, 4) is 5.75 Å². The molecule has 0 unspecified atom stereocenters. The van der Waals surface area contributed by atoms with E-state index in [1.54, 1.807) is 11.3 Å². The van der Waals surface area contributed by atoms with Crippen molar-refractivity contribution in [2.24, 2.45) is 0 Å². The maximum absolute atomic E-state index is 13.1. The molecule has 2 saturated heterocycles. The van der Waals surface area contributed by atoms with E-state index < -0.39 is 5.60 Å². The molecule has 1 N–H and O–H groups in total. The summed E-state index contributed by atoms with van der Waals surface area (Å²) in [6.07, 6.45) is 3.02. The normalized spacial score (nSPS) is 26.0. The number of ether oxygens (including phenoxy) is 2. The Bertz CT molecular complexity index is 1100. The molecular formula is C22H26N4O4S. The average molecular weight is 443 g/mol. The van der Waals surface area contributed by atoms with Crippen molar-refractivity contribution in [3.05, 3.63) is 17.7 Å². The lowest BCUT2D eigenvalue weighted by molar-refractivity contribution is -0.0000813. The van der Waals surface area contributed by atoms with Gasteiger partial charge in [0.25, 0.3) is 0 Å². The maximum atomic E-state index is 13.1. The Balaban J connectivity index is 1.31. The van der Waals surface area contributed by atoms with E-state index in [9.17, 15) is 9.59 Å². The predicted octanol–water partition coefficient (Wildman–Crippen LogP) is 3.67. The van der Waals surface area contributed by atoms with E-state index in [2.05, 4.69) is 5.32 Å². The van der Waals surface area contributed by atoms with Gasteiger partial charge < -0.3 is 19.7 Å². The molecule has 3 fully saturated rings. The molecule has 9 heteroatoms. The van der Waals surface area contributed by atoms with Gasteiger partial charge >= 0.3 is 12.1 Å². The summed E-state index contributed by atoms with van der Waals surface area (Å²) < 4.78 is 12.4. The zero-order valence-electron chi connectivity index (χ0n) is 17.9. The van der Waals surface area contributed by atoms with Gasteiger partial charge in [0.2, 0.25) is 0 Å². The van der Waals surface area contributed by atoms with Gasteiger partial charge in [-0.05, 0) is 52.2 Å². The Hall–Kier alpha value is -2.55. The lowest BCUT2D eigenvalue weighted by Crippen LogP contribution is -2.62. The highest BCUT2D eigenvalue weighted by atomic mass is 32.1. The molecular weight excluding hydrogens is 416 g/mol. The third-order valence-corrected chi connectivity index (χ3v) is 7.80. The van der Waals surface area contributed by atoms with Crippen molar-refractivity contribution in [2.75, 3.05) is 18.1 Å². The molecule has 1 saturated carbocycles. The topological polar surface area (TPSA) is 84.0 Å². The fourth-order valence-electron chi connectivity index (χ4n) is 5.33. The number of benzene rings is 1. The molecule has 3 amide bonds. The van der Waals surface area contributed by atoms with Gasteiger partial charge in [-0.1, -0.05) is 11.3 Å². The van der Waals surface area contributed by atoms with Crippen LogP contribution in [0.15, 0.2) is 12.1 Å². The molecule has 0 bridgehead atoms. The lowest BCUT2D eigenvalue weighted by atomic mass is 9.90. The summed E-state index contributed by atoms with van der Waals surface area (Å²) in [4.78, 5) is 34.5. The van der Waals surface area contributed by atoms with Crippen LogP contribution in [0.1, 0.15) is 45.6 Å². The minimum absolute atomic E-state index is 0.0152. The molecule has 1 aromatic heterocycles. The number of nitrogens with zero attached hydrogens (tertiary/aromatic N) is 3. The number of rotatable bonds is 1. The highest BCUT2D eigenvalue weighted by Gasteiger charge is 2.65. The van der Waals surface area contributed by atoms with E-state index in [0.29, 0.717) is 19.6 Å². The summed E-state index contributed by atoms with van der Waals surface area (Å²) in [7, 11) is 0. The van der Waals surface area contributed by atoms with Crippen molar-refractivity contribution in [1.82, 2.24) is 15.2 Å². The number of likely N-dealkylation sites (tertiary alicyclic amines) is 1. The standard InChI is InChI=1S/C22H26N4O4S/c1-21(2,3)30-20(28)25-10-6-13-17(22(25)8-9-22)24-18(27)26(13)19-23-16-12-7-11-29-14(12)4-5-15(16)31-19/h4-5,13,17H,6-11H2,1-3H3,(H,24,27)/t13-,17+/m1/s1. The molecule has 8 nitrogen and oxygen atoms in total. The third-order valence-electron chi connectivity index (χ3n) is 6.78. The van der Waals surface area contributed by atoms with Crippen LogP contribution in [0.3, 0.4) is 0 Å². The molecule has 3 aliphatic heterocycles. The van der Waals surface area contributed by atoms with Gasteiger partial charge in [-0.25, -0.2) is 14.6 Å². The Labute approximate surface area is 184 Å². The Morgan fingerprint density at radius 3 is 2.90 bits per heavy atom. The van der Waals surface area contributed by atoms with E-state index in [4.69, 9.17) is 14.5 Å². The molecule has 164 valence electrons. The fraction of sp³-hybridized carbons (Fsp3) is 0.591. The number of amides is 3. The van der Waals surface area contributed by atoms with Crippen LogP contribution < -0.4 is 15.0 Å². The number of carbonyl (C=O) groups excluding carboxylic acids is 2. The summed E-state index contributed by atoms with van der Waals surface area (Å²) >= 11 is 1.55. The van der Waals surface area contributed by atoms with Gasteiger partial charge in [0, 0.05) is 18.5 Å². The van der Waals surface area contributed by atoms with Crippen molar-refractivity contribution >= 4 is 38.8 Å². The maximum Gasteiger partial charge on any atom is 0.410 e. The molecule has 31 heavy (non-hydrogen) atoms. The summed E-state index contributed by atoms with van der Waals surface area (Å²) in [5.74, 6) is 0.899. The van der Waals surface area contributed by atoms with Crippen LogP contribution in [-0.2, 0) is 11.2 Å². The third kappa shape index (κ3) is 2.82. The minimum Gasteiger partial charge on any atom is -0.493 e. The zero-order valence-corrected chi connectivity index (χ0v) is 18.8. The number of nitrogens with one attached hydrogen (secondary N) is 1. The first kappa shape index (κ1) is 19.2. The second-order valence-corrected chi connectivity index (χ2v) is 10.9. The number of thiazole rings is 1. The average Bonchev–Trinajstić information content (AvgIpc) is 3.05. The number of aromatic nitrogens is 1. The second kappa shape index (κ2) is 6.25. The number of piperidine rings is 1. The van der Waals surface area contributed by atoms with Crippen molar-refractivity contribution in [1.29, 1.82) is 0 Å². The Kier molecular flexibility index (Phi) is 3.86. The first-order chi connectivity index (χ1) is 14.8. The Morgan fingerprint density at radius 1 is 1.35 bits per heavy atom. The summed E-state index contributed by atoms with van der Waals surface area (Å²) in [6, 6.07) is 3.78. The number of anilines is 1. The van der Waals surface area contributed by atoms with E-state index in [1.165, 1.54) is 0 Å². The number of hydrogen-bond donors (Lipinski definition) is 1. The molecule has 2 atom stereocenters. The summed E-state index contributed by atoms with van der Waals surface area (Å²) in [5.41, 5.74) is 1.19. The zero-order chi connectivity index (χ0) is 21.5.